The number of pyridine rings is 2. The van der Waals surface area contributed by atoms with E-state index in [2.05, 4.69) is 173 Å². The van der Waals surface area contributed by atoms with Crippen molar-refractivity contribution in [2.45, 2.75) is 269 Å². The Morgan fingerprint density at radius 1 is 0.419 bits per heavy atom. The molecule has 9 aliphatic heterocycles. The van der Waals surface area contributed by atoms with Crippen LogP contribution >= 0.6 is 0 Å². The van der Waals surface area contributed by atoms with Crippen LogP contribution in [0.25, 0.3) is 32.3 Å². The molecule has 11 heterocycles. The number of hydrogen-bond donors (Lipinski definition) is 2. The molecule has 4 aromatic carbocycles. The predicted molar refractivity (Wildman–Crippen MR) is 417 cm³/mol. The summed E-state index contributed by atoms with van der Waals surface area (Å²) in [5.74, 6) is 3.54. The fraction of sp³-hybridized carbons (Fsp3) is 0.579. The van der Waals surface area contributed by atoms with E-state index in [-0.39, 0.29) is 56.0 Å². The zero-order chi connectivity index (χ0) is 70.3. The maximum atomic E-state index is 10.3. The molecule has 2 N–H and O–H groups in total. The highest BCUT2D eigenvalue weighted by molar-refractivity contribution is 5.84. The molecule has 10 heteroatoms. The van der Waals surface area contributed by atoms with Gasteiger partial charge in [0.15, 0.2) is 0 Å². The molecule has 10 nitrogen and oxygen atoms in total. The number of likely N-dealkylation sites (tertiary alicyclic amines) is 3. The van der Waals surface area contributed by atoms with Gasteiger partial charge in [-0.05, 0) is 328 Å². The lowest BCUT2D eigenvalue weighted by Gasteiger charge is -2.56. The van der Waals surface area contributed by atoms with Crippen LogP contribution in [0.5, 0.6) is 0 Å². The van der Waals surface area contributed by atoms with Crippen LogP contribution in [0.1, 0.15) is 223 Å². The van der Waals surface area contributed by atoms with Crippen molar-refractivity contribution >= 4 is 32.3 Å². The topological polar surface area (TPSA) is 104 Å². The van der Waals surface area contributed by atoms with Gasteiger partial charge in [0.2, 0.25) is 0 Å². The van der Waals surface area contributed by atoms with Crippen molar-refractivity contribution in [3.63, 3.8) is 0 Å². The molecule has 2 aromatic heterocycles. The van der Waals surface area contributed by atoms with Gasteiger partial charge in [0.25, 0.3) is 0 Å². The van der Waals surface area contributed by atoms with E-state index in [1.807, 2.05) is 31.7 Å². The highest BCUT2D eigenvalue weighted by atomic mass is 16.5. The third-order valence-corrected chi connectivity index (χ3v) is 33.7. The molecule has 18 aliphatic rings. The van der Waals surface area contributed by atoms with Crippen molar-refractivity contribution in [1.29, 1.82) is 0 Å². The summed E-state index contributed by atoms with van der Waals surface area (Å²) in [6.07, 6.45) is 53.7. The Labute approximate surface area is 622 Å². The summed E-state index contributed by atoms with van der Waals surface area (Å²) in [5, 5.41) is 28.0. The maximum absolute atomic E-state index is 10.3. The van der Waals surface area contributed by atoms with Crippen molar-refractivity contribution in [3.8, 4) is 0 Å². The summed E-state index contributed by atoms with van der Waals surface area (Å²) in [6, 6.07) is 36.3. The van der Waals surface area contributed by atoms with Crippen molar-refractivity contribution in [2.75, 3.05) is 39.3 Å². The molecule has 6 bridgehead atoms. The lowest BCUT2D eigenvalue weighted by Crippen LogP contribution is -2.65. The molecule has 105 heavy (non-hydrogen) atoms. The largest absolute Gasteiger partial charge is 0.390 e. The summed E-state index contributed by atoms with van der Waals surface area (Å²) in [6.45, 7) is 15.6. The molecule has 0 radical (unpaired) electrons. The standard InChI is InChI=1S/C32H38N2O2.C32H37NO2.C31H36N2O/c1-29(35)19-34(20-29)26-6-5-24-16-25-9-11-30(2)27(22-4-3-21-10-14-33-18-23(21)15-22)7-8-28(30)32(25)13-12-31(24,17-26)36-32;1-30-13-12-25-17-24-8-9-26(33-19-27(34)20-33)18-31(24)14-15-32(25,35-31)29(30)11-10-28(30)23-7-6-21-4-2-3-5-22(21)16-23;1-29-11-9-25-18-24-5-6-26(33-15-2-16-33)19-30(24)12-13-31(25,34-30)28(29)8-7-27(29)22-4-3-21-10-14-32-20-23(21)17-22/h3-4,9-10,14-16,18,26-28,35H,5-8,11-13,17,19-20H2,1-2H3;2-7,12,16-17,26-29,34H,8-11,13-15,18-20H2,1H3;3-4,9-10,14,17-18,20,26-28H,2,5-8,11-13,15-16,19H2,1H3/t26?,27-,28-,30-,31-,32?;26?,28-,29-,30-,31-,32?;26-,27-,28-,29-,30-,31?/m111/s1. The Hall–Kier alpha value is -5.92. The van der Waals surface area contributed by atoms with E-state index in [1.54, 1.807) is 22.3 Å². The number of rotatable bonds is 6. The SMILES string of the molecule is CC1(O)CN(C2CCC3=CC4=CC[C@]5(C)[C@@H](c6ccc7ccncc7c6)CC[C@H]5C45CC[C@]3(C2)O5)C1.C[C@]12CC=C3C=C4CCC(N5CC(O)C5)C[C@]45CCC3(O5)[C@@H]1CC[C@@H]2c1ccc2ccccc2c1.C[C@]12CC=C3C=C4CC[C@@H](N5CCC5)C[C@]45CCC3(O5)[C@@H]1CC[C@@H]2c1ccc2ccncc2c1. The number of β-amino-alcohol motifs (C(OH)–C–C–N with tert-alkyl or cyclic N) is 2. The quantitative estimate of drug-likeness (QED) is 0.168. The van der Waals surface area contributed by atoms with Gasteiger partial charge in [0.1, 0.15) is 0 Å². The molecule has 6 spiro atoms. The minimum absolute atomic E-state index is 0.0286. The molecule has 0 amide bonds. The van der Waals surface area contributed by atoms with Crippen molar-refractivity contribution in [3.05, 3.63) is 202 Å². The second-order valence-electron chi connectivity index (χ2n) is 38.8. The van der Waals surface area contributed by atoms with Gasteiger partial charge in [0, 0.05) is 79.9 Å². The summed E-state index contributed by atoms with van der Waals surface area (Å²) in [7, 11) is 0. The summed E-state index contributed by atoms with van der Waals surface area (Å²) in [4.78, 5) is 16.5. The van der Waals surface area contributed by atoms with Gasteiger partial charge in [-0.2, -0.15) is 0 Å². The van der Waals surface area contributed by atoms with Gasteiger partial charge in [-0.15, -0.1) is 0 Å². The van der Waals surface area contributed by atoms with Crippen LogP contribution in [0, 0.1) is 34.0 Å². The number of aromatic nitrogens is 2. The number of ether oxygens (including phenoxy) is 3. The first-order valence-electron chi connectivity index (χ1n) is 42.0. The molecular formula is C95H111N5O5. The van der Waals surface area contributed by atoms with Gasteiger partial charge < -0.3 is 29.3 Å². The van der Waals surface area contributed by atoms with Gasteiger partial charge >= 0.3 is 0 Å². The third-order valence-electron chi connectivity index (χ3n) is 33.7. The van der Waals surface area contributed by atoms with Gasteiger partial charge in [-0.25, -0.2) is 0 Å². The van der Waals surface area contributed by atoms with E-state index in [1.165, 1.54) is 189 Å². The fourth-order valence-corrected chi connectivity index (χ4v) is 28.4. The Morgan fingerprint density at radius 2 is 0.810 bits per heavy atom. The van der Waals surface area contributed by atoms with Crippen LogP contribution in [-0.2, 0) is 14.2 Å². The van der Waals surface area contributed by atoms with E-state index in [0.29, 0.717) is 47.6 Å². The average molecular weight is 1400 g/mol. The Balaban J connectivity index is 0.0000000986. The minimum Gasteiger partial charge on any atom is -0.390 e. The first-order chi connectivity index (χ1) is 50.9. The minimum atomic E-state index is -0.503. The van der Waals surface area contributed by atoms with Crippen LogP contribution in [0.2, 0.25) is 0 Å². The highest BCUT2D eigenvalue weighted by Crippen LogP contribution is 2.73. The number of aliphatic hydroxyl groups is 2. The Morgan fingerprint density at radius 3 is 1.21 bits per heavy atom. The van der Waals surface area contributed by atoms with Gasteiger partial charge in [-0.3, -0.25) is 19.8 Å². The Bertz CT molecular complexity index is 4780. The van der Waals surface area contributed by atoms with E-state index in [9.17, 15) is 10.2 Å². The van der Waals surface area contributed by atoms with Crippen molar-refractivity contribution in [1.82, 2.24) is 24.7 Å². The van der Waals surface area contributed by atoms with Crippen LogP contribution in [0.15, 0.2) is 186 Å². The third kappa shape index (κ3) is 9.66. The average Bonchev–Trinajstić information content (AvgIpc) is 1.55. The summed E-state index contributed by atoms with van der Waals surface area (Å²) < 4.78 is 22.4. The van der Waals surface area contributed by atoms with Crippen LogP contribution in [-0.4, -0.2) is 138 Å². The van der Waals surface area contributed by atoms with Gasteiger partial charge in [-0.1, -0.05) is 124 Å². The van der Waals surface area contributed by atoms with Crippen LogP contribution < -0.4 is 0 Å². The number of nitrogens with zero attached hydrogens (tertiary/aromatic N) is 5. The number of fused-ring (bicyclic) bond motifs is 6. The number of hydrogen-bond acceptors (Lipinski definition) is 10. The molecule has 18 atom stereocenters. The second-order valence-corrected chi connectivity index (χ2v) is 38.8. The Kier molecular flexibility index (Phi) is 14.7. The number of benzene rings is 4. The van der Waals surface area contributed by atoms with E-state index >= 15 is 0 Å². The molecule has 24 rings (SSSR count). The van der Waals surface area contributed by atoms with Crippen LogP contribution in [0.4, 0.5) is 0 Å². The fourth-order valence-electron chi connectivity index (χ4n) is 28.4. The number of aliphatic hydroxyl groups excluding tert-OH is 1. The first-order valence-corrected chi connectivity index (χ1v) is 42.0. The molecule has 6 saturated carbocycles. The van der Waals surface area contributed by atoms with E-state index in [4.69, 9.17) is 14.2 Å². The van der Waals surface area contributed by atoms with E-state index < -0.39 is 5.60 Å². The number of allylic oxidation sites excluding steroid dienone is 3. The predicted octanol–water partition coefficient (Wildman–Crippen LogP) is 18.6. The second kappa shape index (κ2) is 23.3. The highest BCUT2D eigenvalue weighted by Gasteiger charge is 2.71. The van der Waals surface area contributed by atoms with Crippen LogP contribution in [0.3, 0.4) is 0 Å². The molecular weight excluding hydrogens is 1290 g/mol. The van der Waals surface area contributed by atoms with Crippen molar-refractivity contribution in [2.24, 2.45) is 34.0 Å². The van der Waals surface area contributed by atoms with E-state index in [0.717, 1.165) is 77.2 Å². The summed E-state index contributed by atoms with van der Waals surface area (Å²) >= 11 is 0. The molecule has 12 fully saturated rings. The molecule has 546 valence electrons. The molecule has 9 aliphatic carbocycles. The van der Waals surface area contributed by atoms with Gasteiger partial charge in [0.05, 0.1) is 45.3 Å². The molecule has 6 saturated heterocycles. The smallest absolute Gasteiger partial charge is 0.0974 e. The monoisotopic (exact) mass is 1400 g/mol. The first kappa shape index (κ1) is 66.1. The zero-order valence-electron chi connectivity index (χ0n) is 63.0. The lowest BCUT2D eigenvalue weighted by molar-refractivity contribution is -0.157. The lowest BCUT2D eigenvalue weighted by atomic mass is 9.58. The zero-order valence-corrected chi connectivity index (χ0v) is 63.0. The summed E-state index contributed by atoms with van der Waals surface area (Å²) in [5.41, 5.74) is 13.7. The maximum Gasteiger partial charge on any atom is 0.0974 e. The van der Waals surface area contributed by atoms with Crippen molar-refractivity contribution < 1.29 is 24.4 Å². The molecule has 5 unspecified atom stereocenters. The normalized spacial score (nSPS) is 42.7. The molecule has 6 aromatic rings.